The molecule has 0 aliphatic heterocycles. The van der Waals surface area contributed by atoms with E-state index >= 15 is 0 Å². The van der Waals surface area contributed by atoms with Crippen molar-refractivity contribution < 1.29 is 18.7 Å². The van der Waals surface area contributed by atoms with Crippen molar-refractivity contribution in [2.75, 3.05) is 7.11 Å². The molecule has 27 heavy (non-hydrogen) atoms. The summed E-state index contributed by atoms with van der Waals surface area (Å²) < 4.78 is 16.2. The van der Waals surface area contributed by atoms with Crippen LogP contribution in [0.15, 0.2) is 68.4 Å². The lowest BCUT2D eigenvalue weighted by Gasteiger charge is -2.07. The Morgan fingerprint density at radius 2 is 2.00 bits per heavy atom. The minimum absolute atomic E-state index is 0.00120. The summed E-state index contributed by atoms with van der Waals surface area (Å²) >= 11 is 0. The number of methoxy groups -OCH3 is 1. The zero-order valence-corrected chi connectivity index (χ0v) is 14.4. The summed E-state index contributed by atoms with van der Waals surface area (Å²) in [5, 5.41) is 10.3. The van der Waals surface area contributed by atoms with Crippen LogP contribution in [0.3, 0.4) is 0 Å². The number of aromatic hydroxyl groups is 1. The maximum atomic E-state index is 12.2. The van der Waals surface area contributed by atoms with Crippen LogP contribution in [0.5, 0.6) is 5.75 Å². The summed E-state index contributed by atoms with van der Waals surface area (Å²) in [7, 11) is 1.49. The van der Waals surface area contributed by atoms with Crippen molar-refractivity contribution in [3.8, 4) is 40.0 Å². The first-order valence-corrected chi connectivity index (χ1v) is 8.22. The molecule has 4 rings (SSSR count). The molecule has 0 spiro atoms. The molecule has 0 bridgehead atoms. The number of hydrogen-bond acceptors (Lipinski definition) is 6. The van der Waals surface area contributed by atoms with Gasteiger partial charge in [0.1, 0.15) is 23.8 Å². The molecule has 0 aliphatic rings. The third kappa shape index (κ3) is 3.16. The Kier molecular flexibility index (Phi) is 4.35. The number of H-pyrrole nitrogens is 1. The lowest BCUT2D eigenvalue weighted by Crippen LogP contribution is -2.04. The molecular formula is C20H16N2O5. The van der Waals surface area contributed by atoms with Gasteiger partial charge in [-0.25, -0.2) is 4.98 Å². The van der Waals surface area contributed by atoms with Crippen LogP contribution >= 0.6 is 0 Å². The summed E-state index contributed by atoms with van der Waals surface area (Å²) in [5.41, 5.74) is 1.13. The van der Waals surface area contributed by atoms with Crippen molar-refractivity contribution in [2.45, 2.75) is 6.61 Å². The molecule has 0 saturated heterocycles. The lowest BCUT2D eigenvalue weighted by atomic mass is 10.1. The van der Waals surface area contributed by atoms with E-state index in [1.165, 1.54) is 19.4 Å². The summed E-state index contributed by atoms with van der Waals surface area (Å²) in [6.45, 7) is 0.0996. The van der Waals surface area contributed by atoms with Crippen molar-refractivity contribution in [1.29, 1.82) is 0 Å². The van der Waals surface area contributed by atoms with Gasteiger partial charge in [-0.1, -0.05) is 30.3 Å². The second-order valence-corrected chi connectivity index (χ2v) is 5.84. The van der Waals surface area contributed by atoms with E-state index in [9.17, 15) is 9.90 Å². The Bertz CT molecular complexity index is 1110. The first-order valence-electron chi connectivity index (χ1n) is 8.22. The number of nitrogens with zero attached hydrogens (tertiary/aromatic N) is 1. The molecule has 136 valence electrons. The highest BCUT2D eigenvalue weighted by Gasteiger charge is 2.23. The van der Waals surface area contributed by atoms with Crippen LogP contribution in [0.2, 0.25) is 0 Å². The van der Waals surface area contributed by atoms with Crippen LogP contribution < -0.4 is 5.43 Å². The molecule has 0 fully saturated rings. The zero-order valence-electron chi connectivity index (χ0n) is 14.4. The van der Waals surface area contributed by atoms with Gasteiger partial charge in [0.05, 0.1) is 6.26 Å². The molecule has 7 nitrogen and oxygen atoms in total. The van der Waals surface area contributed by atoms with Gasteiger partial charge in [0.25, 0.3) is 0 Å². The molecule has 2 N–H and O–H groups in total. The number of nitrogens with one attached hydrogen (secondary N) is 1. The van der Waals surface area contributed by atoms with E-state index in [1.807, 2.05) is 30.3 Å². The second-order valence-electron chi connectivity index (χ2n) is 5.84. The number of aromatic nitrogens is 2. The normalized spacial score (nSPS) is 11.0. The number of furan rings is 1. The van der Waals surface area contributed by atoms with Crippen LogP contribution in [0.4, 0.5) is 0 Å². The molecule has 0 atom stereocenters. The van der Waals surface area contributed by atoms with E-state index in [1.54, 1.807) is 12.1 Å². The van der Waals surface area contributed by atoms with Gasteiger partial charge in [-0.3, -0.25) is 4.79 Å². The third-order valence-electron chi connectivity index (χ3n) is 3.99. The van der Waals surface area contributed by atoms with Gasteiger partial charge in [-0.15, -0.1) is 0 Å². The molecule has 0 saturated carbocycles. The molecule has 0 amide bonds. The van der Waals surface area contributed by atoms with E-state index < -0.39 is 11.2 Å². The van der Waals surface area contributed by atoms with Crippen molar-refractivity contribution in [3.05, 3.63) is 70.8 Å². The van der Waals surface area contributed by atoms with Crippen LogP contribution in [0, 0.1) is 0 Å². The van der Waals surface area contributed by atoms with Gasteiger partial charge in [0, 0.05) is 18.7 Å². The minimum atomic E-state index is -0.559. The number of rotatable bonds is 5. The molecule has 0 radical (unpaired) electrons. The standard InChI is InChI=1S/C20H16N2O5/c1-25-11-13-10-14(23)18(24)19(27-13)17-16(12-6-3-2-4-7-12)21-20(22-17)15-8-5-9-26-15/h2-10,24H,11H2,1H3,(H,21,22). The number of imidazole rings is 1. The number of ether oxygens (including phenoxy) is 1. The van der Waals surface area contributed by atoms with Crippen LogP contribution in [0.25, 0.3) is 34.3 Å². The smallest absolute Gasteiger partial charge is 0.227 e. The topological polar surface area (TPSA) is 101 Å². The van der Waals surface area contributed by atoms with Gasteiger partial charge >= 0.3 is 0 Å². The van der Waals surface area contributed by atoms with E-state index in [0.29, 0.717) is 28.7 Å². The first-order chi connectivity index (χ1) is 13.2. The van der Waals surface area contributed by atoms with Crippen molar-refractivity contribution >= 4 is 0 Å². The summed E-state index contributed by atoms with van der Waals surface area (Å²) in [4.78, 5) is 19.9. The highest BCUT2D eigenvalue weighted by molar-refractivity contribution is 5.80. The molecule has 4 aromatic rings. The fraction of sp³-hybridized carbons (Fsp3) is 0.100. The van der Waals surface area contributed by atoms with Crippen molar-refractivity contribution in [2.24, 2.45) is 0 Å². The number of hydrogen-bond donors (Lipinski definition) is 2. The lowest BCUT2D eigenvalue weighted by molar-refractivity contribution is 0.162. The zero-order chi connectivity index (χ0) is 18.8. The largest absolute Gasteiger partial charge is 0.501 e. The Balaban J connectivity index is 1.96. The molecule has 0 aliphatic carbocycles. The maximum Gasteiger partial charge on any atom is 0.227 e. The van der Waals surface area contributed by atoms with Gasteiger partial charge in [-0.2, -0.15) is 0 Å². The quantitative estimate of drug-likeness (QED) is 0.558. The molecule has 3 heterocycles. The fourth-order valence-corrected chi connectivity index (χ4v) is 2.79. The monoisotopic (exact) mass is 364 g/mol. The van der Waals surface area contributed by atoms with E-state index in [4.69, 9.17) is 13.6 Å². The van der Waals surface area contributed by atoms with Gasteiger partial charge in [-0.05, 0) is 12.1 Å². The second kappa shape index (κ2) is 6.97. The van der Waals surface area contributed by atoms with Gasteiger partial charge in [0.15, 0.2) is 17.3 Å². The molecule has 1 aromatic carbocycles. The third-order valence-corrected chi connectivity index (χ3v) is 3.99. The van der Waals surface area contributed by atoms with Crippen molar-refractivity contribution in [3.63, 3.8) is 0 Å². The Labute approximate surface area is 153 Å². The molecule has 0 unspecified atom stereocenters. The summed E-state index contributed by atoms with van der Waals surface area (Å²) in [6.07, 6.45) is 1.54. The highest BCUT2D eigenvalue weighted by Crippen LogP contribution is 2.36. The van der Waals surface area contributed by atoms with Crippen LogP contribution in [-0.4, -0.2) is 22.2 Å². The Morgan fingerprint density at radius 1 is 1.19 bits per heavy atom. The molecular weight excluding hydrogens is 348 g/mol. The van der Waals surface area contributed by atoms with E-state index in [-0.39, 0.29) is 12.4 Å². The minimum Gasteiger partial charge on any atom is -0.501 e. The average Bonchev–Trinajstić information content (AvgIpc) is 3.35. The Hall–Kier alpha value is -3.58. The van der Waals surface area contributed by atoms with E-state index in [2.05, 4.69) is 9.97 Å². The van der Waals surface area contributed by atoms with Gasteiger partial charge < -0.3 is 23.7 Å². The summed E-state index contributed by atoms with van der Waals surface area (Å²) in [6, 6.07) is 14.1. The highest BCUT2D eigenvalue weighted by atomic mass is 16.5. The maximum absolute atomic E-state index is 12.2. The predicted molar refractivity (Wildman–Crippen MR) is 98.1 cm³/mol. The Morgan fingerprint density at radius 3 is 2.70 bits per heavy atom. The average molecular weight is 364 g/mol. The SMILES string of the molecule is COCc1cc(=O)c(O)c(-c2[nH]c(-c3ccco3)nc2-c2ccccc2)o1. The molecule has 7 heteroatoms. The van der Waals surface area contributed by atoms with E-state index in [0.717, 1.165) is 5.56 Å². The van der Waals surface area contributed by atoms with Crippen LogP contribution in [-0.2, 0) is 11.3 Å². The predicted octanol–water partition coefficient (Wildman–Crippen LogP) is 3.81. The van der Waals surface area contributed by atoms with Gasteiger partial charge in [0.2, 0.25) is 11.2 Å². The molecule has 3 aromatic heterocycles. The van der Waals surface area contributed by atoms with Crippen molar-refractivity contribution in [1.82, 2.24) is 9.97 Å². The van der Waals surface area contributed by atoms with Crippen LogP contribution in [0.1, 0.15) is 5.76 Å². The first kappa shape index (κ1) is 16.9. The fourth-order valence-electron chi connectivity index (χ4n) is 2.79. The summed E-state index contributed by atoms with van der Waals surface area (Å²) in [5.74, 6) is 0.769. The number of benzene rings is 1. The number of aromatic amines is 1.